The number of hydrogen-bond donors (Lipinski definition) is 2. The van der Waals surface area contributed by atoms with E-state index in [-0.39, 0.29) is 17.7 Å². The fourth-order valence-corrected chi connectivity index (χ4v) is 2.73. The van der Waals surface area contributed by atoms with Crippen molar-refractivity contribution in [3.8, 4) is 5.75 Å². The highest BCUT2D eigenvalue weighted by atomic mass is 19.3. The van der Waals surface area contributed by atoms with E-state index in [1.165, 1.54) is 6.07 Å². The molecule has 2 N–H and O–H groups in total. The van der Waals surface area contributed by atoms with Gasteiger partial charge in [0, 0.05) is 12.0 Å². The zero-order chi connectivity index (χ0) is 15.9. The van der Waals surface area contributed by atoms with Crippen molar-refractivity contribution in [1.82, 2.24) is 10.6 Å². The van der Waals surface area contributed by atoms with Gasteiger partial charge in [-0.05, 0) is 44.8 Å². The predicted molar refractivity (Wildman–Crippen MR) is 79.8 cm³/mol. The number of carbonyl (C=O) groups excluding carboxylic acids is 1. The third kappa shape index (κ3) is 4.94. The summed E-state index contributed by atoms with van der Waals surface area (Å²) < 4.78 is 29.3. The van der Waals surface area contributed by atoms with Crippen LogP contribution in [0, 0.1) is 5.92 Å². The van der Waals surface area contributed by atoms with Gasteiger partial charge < -0.3 is 15.4 Å². The van der Waals surface area contributed by atoms with Gasteiger partial charge in [0.15, 0.2) is 0 Å². The van der Waals surface area contributed by atoms with Gasteiger partial charge >= 0.3 is 6.61 Å². The number of nitrogens with one attached hydrogen (secondary N) is 2. The average Bonchev–Trinajstić information content (AvgIpc) is 2.98. The fraction of sp³-hybridized carbons (Fsp3) is 0.562. The molecule has 1 aromatic carbocycles. The first-order valence-electron chi connectivity index (χ1n) is 7.60. The van der Waals surface area contributed by atoms with Crippen LogP contribution in [0.15, 0.2) is 24.3 Å². The Kier molecular flexibility index (Phi) is 6.12. The quantitative estimate of drug-likeness (QED) is 0.814. The molecule has 6 heteroatoms. The van der Waals surface area contributed by atoms with Crippen LogP contribution in [0.5, 0.6) is 5.75 Å². The lowest BCUT2D eigenvalue weighted by molar-refractivity contribution is -0.122. The van der Waals surface area contributed by atoms with Crippen LogP contribution < -0.4 is 15.4 Å². The van der Waals surface area contributed by atoms with Gasteiger partial charge in [-0.25, -0.2) is 0 Å². The van der Waals surface area contributed by atoms with Gasteiger partial charge in [-0.2, -0.15) is 8.78 Å². The van der Waals surface area contributed by atoms with E-state index in [4.69, 9.17) is 0 Å². The molecule has 0 bridgehead atoms. The van der Waals surface area contributed by atoms with Gasteiger partial charge in [0.05, 0.1) is 6.04 Å². The van der Waals surface area contributed by atoms with Crippen molar-refractivity contribution < 1.29 is 18.3 Å². The van der Waals surface area contributed by atoms with Crippen LogP contribution in [0.1, 0.15) is 37.8 Å². The number of para-hydroxylation sites is 1. The van der Waals surface area contributed by atoms with Gasteiger partial charge in [0.2, 0.25) is 5.91 Å². The summed E-state index contributed by atoms with van der Waals surface area (Å²) in [5, 5.41) is 6.12. The van der Waals surface area contributed by atoms with Crippen LogP contribution in [-0.4, -0.2) is 25.6 Å². The molecule has 0 radical (unpaired) electrons. The smallest absolute Gasteiger partial charge is 0.387 e. The van der Waals surface area contributed by atoms with E-state index in [0.29, 0.717) is 17.9 Å². The second-order valence-electron chi connectivity index (χ2n) is 5.60. The summed E-state index contributed by atoms with van der Waals surface area (Å²) in [7, 11) is 0. The average molecular weight is 312 g/mol. The van der Waals surface area contributed by atoms with Crippen LogP contribution in [-0.2, 0) is 4.79 Å². The maximum Gasteiger partial charge on any atom is 0.387 e. The second-order valence-corrected chi connectivity index (χ2v) is 5.60. The lowest BCUT2D eigenvalue weighted by Crippen LogP contribution is -2.27. The summed E-state index contributed by atoms with van der Waals surface area (Å²) in [6, 6.07) is 6.16. The van der Waals surface area contributed by atoms with Crippen LogP contribution in [0.25, 0.3) is 0 Å². The molecular weight excluding hydrogens is 290 g/mol. The van der Waals surface area contributed by atoms with E-state index in [9.17, 15) is 13.6 Å². The minimum atomic E-state index is -2.88. The van der Waals surface area contributed by atoms with E-state index in [2.05, 4.69) is 15.4 Å². The van der Waals surface area contributed by atoms with Crippen molar-refractivity contribution in [2.24, 2.45) is 5.92 Å². The van der Waals surface area contributed by atoms with E-state index >= 15 is 0 Å². The number of hydrogen-bond acceptors (Lipinski definition) is 3. The summed E-state index contributed by atoms with van der Waals surface area (Å²) in [5.74, 6) is 0.590. The third-order valence-corrected chi connectivity index (χ3v) is 3.92. The zero-order valence-corrected chi connectivity index (χ0v) is 12.6. The Morgan fingerprint density at radius 3 is 2.91 bits per heavy atom. The highest BCUT2D eigenvalue weighted by Crippen LogP contribution is 2.26. The predicted octanol–water partition coefficient (Wildman–Crippen LogP) is 2.85. The van der Waals surface area contributed by atoms with Gasteiger partial charge in [-0.3, -0.25) is 4.79 Å². The molecule has 0 saturated carbocycles. The summed E-state index contributed by atoms with van der Waals surface area (Å²) in [4.78, 5) is 12.0. The molecule has 2 atom stereocenters. The van der Waals surface area contributed by atoms with Crippen molar-refractivity contribution >= 4 is 5.91 Å². The Balaban J connectivity index is 1.87. The minimum absolute atomic E-state index is 0.0637. The molecular formula is C16H22F2N2O2. The highest BCUT2D eigenvalue weighted by Gasteiger charge is 2.18. The standard InChI is InChI=1S/C16H22F2N2O2/c1-11(13-4-2-3-5-14(13)22-16(17)18)20-15(21)7-6-12-8-9-19-10-12/h2-5,11-12,16,19H,6-10H2,1H3,(H,20,21). The molecule has 1 saturated heterocycles. The molecule has 1 aromatic rings. The number of ether oxygens (including phenoxy) is 1. The van der Waals surface area contributed by atoms with Gasteiger partial charge in [-0.1, -0.05) is 18.2 Å². The molecule has 1 aliphatic heterocycles. The number of benzene rings is 1. The molecule has 0 spiro atoms. The number of alkyl halides is 2. The molecule has 1 aliphatic rings. The normalized spacial score (nSPS) is 19.2. The topological polar surface area (TPSA) is 50.4 Å². The maximum absolute atomic E-state index is 12.4. The summed E-state index contributed by atoms with van der Waals surface area (Å²) in [5.41, 5.74) is 0.554. The first-order valence-corrected chi connectivity index (χ1v) is 7.60. The molecule has 2 unspecified atom stereocenters. The van der Waals surface area contributed by atoms with Crippen LogP contribution in [0.2, 0.25) is 0 Å². The SMILES string of the molecule is CC(NC(=O)CCC1CCNC1)c1ccccc1OC(F)F. The van der Waals surface area contributed by atoms with Gasteiger partial charge in [0.25, 0.3) is 0 Å². The highest BCUT2D eigenvalue weighted by molar-refractivity contribution is 5.76. The van der Waals surface area contributed by atoms with Crippen LogP contribution in [0.3, 0.4) is 0 Å². The zero-order valence-electron chi connectivity index (χ0n) is 12.6. The molecule has 0 aliphatic carbocycles. The molecule has 22 heavy (non-hydrogen) atoms. The molecule has 1 fully saturated rings. The molecule has 4 nitrogen and oxygen atoms in total. The molecule has 1 heterocycles. The monoisotopic (exact) mass is 312 g/mol. The van der Waals surface area contributed by atoms with Gasteiger partial charge in [-0.15, -0.1) is 0 Å². The number of amides is 1. The lowest BCUT2D eigenvalue weighted by atomic mass is 10.0. The first-order chi connectivity index (χ1) is 10.6. The van der Waals surface area contributed by atoms with E-state index < -0.39 is 6.61 Å². The van der Waals surface area contributed by atoms with Crippen molar-refractivity contribution in [2.75, 3.05) is 13.1 Å². The molecule has 2 rings (SSSR count). The summed E-state index contributed by atoms with van der Waals surface area (Å²) in [6.45, 7) is 0.872. The van der Waals surface area contributed by atoms with E-state index in [1.54, 1.807) is 25.1 Å². The van der Waals surface area contributed by atoms with Crippen molar-refractivity contribution in [3.63, 3.8) is 0 Å². The first kappa shape index (κ1) is 16.7. The fourth-order valence-electron chi connectivity index (χ4n) is 2.73. The largest absolute Gasteiger partial charge is 0.434 e. The maximum atomic E-state index is 12.4. The summed E-state index contributed by atoms with van der Waals surface area (Å²) in [6.07, 6.45) is 2.41. The minimum Gasteiger partial charge on any atom is -0.434 e. The Hall–Kier alpha value is -1.69. The van der Waals surface area contributed by atoms with Crippen molar-refractivity contribution in [1.29, 1.82) is 0 Å². The Bertz CT molecular complexity index is 491. The van der Waals surface area contributed by atoms with Gasteiger partial charge in [0.1, 0.15) is 5.75 Å². The lowest BCUT2D eigenvalue weighted by Gasteiger charge is -2.18. The number of halogens is 2. The third-order valence-electron chi connectivity index (χ3n) is 3.92. The van der Waals surface area contributed by atoms with Crippen molar-refractivity contribution in [2.45, 2.75) is 38.8 Å². The molecule has 122 valence electrons. The number of carbonyl (C=O) groups is 1. The Labute approximate surface area is 129 Å². The summed E-state index contributed by atoms with van der Waals surface area (Å²) >= 11 is 0. The molecule has 0 aromatic heterocycles. The van der Waals surface area contributed by atoms with Crippen LogP contribution >= 0.6 is 0 Å². The van der Waals surface area contributed by atoms with Crippen molar-refractivity contribution in [3.05, 3.63) is 29.8 Å². The van der Waals surface area contributed by atoms with Crippen LogP contribution in [0.4, 0.5) is 8.78 Å². The second kappa shape index (κ2) is 8.08. The number of rotatable bonds is 7. The molecule has 1 amide bonds. The Morgan fingerprint density at radius 1 is 1.45 bits per heavy atom. The Morgan fingerprint density at radius 2 is 2.23 bits per heavy atom. The van der Waals surface area contributed by atoms with E-state index in [0.717, 1.165) is 25.9 Å². The van der Waals surface area contributed by atoms with E-state index in [1.807, 2.05) is 0 Å².